The van der Waals surface area contributed by atoms with Crippen LogP contribution < -0.4 is 0 Å². The van der Waals surface area contributed by atoms with Gasteiger partial charge in [-0.3, -0.25) is 0 Å². The second kappa shape index (κ2) is 5.51. The normalized spacial score (nSPS) is 10.6. The minimum absolute atomic E-state index is 0.0965. The molecule has 6 heteroatoms. The molecule has 0 fully saturated rings. The van der Waals surface area contributed by atoms with Crippen LogP contribution in [0, 0.1) is 0 Å². The van der Waals surface area contributed by atoms with Crippen LogP contribution in [0.25, 0.3) is 16.5 Å². The van der Waals surface area contributed by atoms with Crippen molar-refractivity contribution < 1.29 is 13.9 Å². The largest absolute Gasteiger partial charge is 0.472 e. The summed E-state index contributed by atoms with van der Waals surface area (Å²) in [5.74, 6) is -0.656. The highest BCUT2D eigenvalue weighted by Gasteiger charge is 2.08. The summed E-state index contributed by atoms with van der Waals surface area (Å²) >= 11 is 0. The molecular weight excluding hydrogens is 198 g/mol. The van der Waals surface area contributed by atoms with E-state index in [4.69, 9.17) is 14.7 Å². The van der Waals surface area contributed by atoms with Crippen LogP contribution in [0.5, 0.6) is 0 Å². The van der Waals surface area contributed by atoms with E-state index in [1.165, 1.54) is 18.6 Å². The Hall–Kier alpha value is -2.20. The van der Waals surface area contributed by atoms with E-state index in [2.05, 4.69) is 10.0 Å². The molecule has 78 valence electrons. The van der Waals surface area contributed by atoms with Crippen molar-refractivity contribution >= 4 is 12.0 Å². The number of hydrogen-bond acceptors (Lipinski definition) is 4. The van der Waals surface area contributed by atoms with Crippen molar-refractivity contribution in [3.05, 3.63) is 40.3 Å². The number of ether oxygens (including phenoxy) is 1. The number of rotatable bonds is 4. The van der Waals surface area contributed by atoms with E-state index >= 15 is 0 Å². The number of carbonyl (C=O) groups is 1. The van der Waals surface area contributed by atoms with Crippen molar-refractivity contribution in [1.82, 2.24) is 0 Å². The topological polar surface area (TPSA) is 88.2 Å². The Balaban J connectivity index is 2.92. The average Bonchev–Trinajstić information content (AvgIpc) is 2.70. The first kappa shape index (κ1) is 10.9. The average molecular weight is 207 g/mol. The Morgan fingerprint density at radius 2 is 2.60 bits per heavy atom. The molecule has 0 saturated heterocycles. The van der Waals surface area contributed by atoms with E-state index in [0.29, 0.717) is 5.56 Å². The molecule has 0 aromatic carbocycles. The van der Waals surface area contributed by atoms with Gasteiger partial charge in [-0.05, 0) is 24.6 Å². The molecule has 1 aromatic rings. The lowest BCUT2D eigenvalue weighted by atomic mass is 10.3. The smallest absolute Gasteiger partial charge is 0.340 e. The lowest BCUT2D eigenvalue weighted by Crippen LogP contribution is -2.05. The van der Waals surface area contributed by atoms with Crippen LogP contribution in [-0.4, -0.2) is 12.6 Å². The van der Waals surface area contributed by atoms with Gasteiger partial charge in [0.15, 0.2) is 0 Å². The van der Waals surface area contributed by atoms with E-state index in [0.717, 1.165) is 0 Å². The van der Waals surface area contributed by atoms with Gasteiger partial charge in [0, 0.05) is 10.5 Å². The van der Waals surface area contributed by atoms with Gasteiger partial charge in [0.2, 0.25) is 0 Å². The molecule has 0 aliphatic rings. The van der Waals surface area contributed by atoms with Crippen molar-refractivity contribution in [2.75, 3.05) is 6.61 Å². The Kier molecular flexibility index (Phi) is 4.00. The first-order chi connectivity index (χ1) is 7.27. The molecule has 0 aliphatic carbocycles. The van der Waals surface area contributed by atoms with Crippen LogP contribution in [0.2, 0.25) is 0 Å². The quantitative estimate of drug-likeness (QED) is 0.250. The maximum atomic E-state index is 11.3. The zero-order valence-electron chi connectivity index (χ0n) is 8.08. The minimum atomic E-state index is -0.656. The van der Waals surface area contributed by atoms with Gasteiger partial charge in [0.05, 0.1) is 19.1 Å². The molecule has 0 aliphatic heterocycles. The number of hydrogen-bond donors (Lipinski definition) is 0. The molecule has 0 N–H and O–H groups in total. The molecule has 1 heterocycles. The van der Waals surface area contributed by atoms with Gasteiger partial charge in [0.25, 0.3) is 0 Å². The van der Waals surface area contributed by atoms with Gasteiger partial charge in [-0.25, -0.2) is 4.79 Å². The molecular formula is C9H9N3O3. The van der Waals surface area contributed by atoms with Crippen molar-refractivity contribution in [3.8, 4) is 0 Å². The van der Waals surface area contributed by atoms with Gasteiger partial charge in [-0.2, -0.15) is 0 Å². The minimum Gasteiger partial charge on any atom is -0.472 e. The zero-order valence-corrected chi connectivity index (χ0v) is 8.08. The number of furan rings is 1. The number of carbonyl (C=O) groups excluding carboxylic acids is 1. The summed E-state index contributed by atoms with van der Waals surface area (Å²) in [6.45, 7) is 1.89. The molecule has 0 saturated carbocycles. The van der Waals surface area contributed by atoms with E-state index in [1.807, 2.05) is 0 Å². The molecule has 0 amide bonds. The van der Waals surface area contributed by atoms with Crippen LogP contribution >= 0.6 is 0 Å². The molecule has 0 spiro atoms. The fraction of sp³-hybridized carbons (Fsp3) is 0.222. The predicted octanol–water partition coefficient (Wildman–Crippen LogP) is 2.49. The van der Waals surface area contributed by atoms with Gasteiger partial charge >= 0.3 is 5.97 Å². The predicted molar refractivity (Wildman–Crippen MR) is 52.5 cm³/mol. The molecule has 1 rings (SSSR count). The molecule has 1 aromatic heterocycles. The van der Waals surface area contributed by atoms with Crippen molar-refractivity contribution in [2.45, 2.75) is 6.92 Å². The third kappa shape index (κ3) is 3.21. The highest BCUT2D eigenvalue weighted by molar-refractivity contribution is 5.93. The summed E-state index contributed by atoms with van der Waals surface area (Å²) in [6, 6.07) is 1.63. The summed E-state index contributed by atoms with van der Waals surface area (Å²) in [5.41, 5.74) is 8.80. The summed E-state index contributed by atoms with van der Waals surface area (Å²) in [6.07, 6.45) is 4.26. The first-order valence-corrected chi connectivity index (χ1v) is 4.24. The van der Waals surface area contributed by atoms with Crippen LogP contribution in [0.15, 0.2) is 33.8 Å². The van der Waals surface area contributed by atoms with Crippen LogP contribution in [0.3, 0.4) is 0 Å². The van der Waals surface area contributed by atoms with Gasteiger partial charge in [0.1, 0.15) is 5.70 Å². The third-order valence-corrected chi connectivity index (χ3v) is 1.48. The highest BCUT2D eigenvalue weighted by atomic mass is 16.5. The zero-order chi connectivity index (χ0) is 11.1. The fourth-order valence-electron chi connectivity index (χ4n) is 0.897. The third-order valence-electron chi connectivity index (χ3n) is 1.48. The summed E-state index contributed by atoms with van der Waals surface area (Å²) in [7, 11) is 0. The van der Waals surface area contributed by atoms with Crippen molar-refractivity contribution in [1.29, 1.82) is 0 Å². The SMILES string of the molecule is CCOC(=O)/C(=C\c1ccoc1)N=[N+]=[N-]. The molecule has 6 nitrogen and oxygen atoms in total. The van der Waals surface area contributed by atoms with Crippen LogP contribution in [0.4, 0.5) is 0 Å². The molecule has 0 unspecified atom stereocenters. The Morgan fingerprint density at radius 1 is 1.80 bits per heavy atom. The van der Waals surface area contributed by atoms with Crippen LogP contribution in [-0.2, 0) is 9.53 Å². The first-order valence-electron chi connectivity index (χ1n) is 4.24. The Bertz CT molecular complexity index is 402. The van der Waals surface area contributed by atoms with Gasteiger partial charge < -0.3 is 9.15 Å². The summed E-state index contributed by atoms with van der Waals surface area (Å²) in [4.78, 5) is 13.8. The van der Waals surface area contributed by atoms with Crippen LogP contribution in [0.1, 0.15) is 12.5 Å². The Morgan fingerprint density at radius 3 is 3.13 bits per heavy atom. The lowest BCUT2D eigenvalue weighted by Gasteiger charge is -1.99. The second-order valence-corrected chi connectivity index (χ2v) is 2.50. The standard InChI is InChI=1S/C9H9N3O3/c1-2-15-9(13)8(11-12-10)5-7-3-4-14-6-7/h3-6H,2H2,1H3/b8-5+. The maximum Gasteiger partial charge on any atom is 0.340 e. The van der Waals surface area contributed by atoms with E-state index in [-0.39, 0.29) is 12.3 Å². The van der Waals surface area contributed by atoms with E-state index in [1.54, 1.807) is 13.0 Å². The number of azide groups is 1. The molecule has 0 radical (unpaired) electrons. The maximum absolute atomic E-state index is 11.3. The Labute approximate surface area is 85.8 Å². The van der Waals surface area contributed by atoms with Crippen molar-refractivity contribution in [3.63, 3.8) is 0 Å². The highest BCUT2D eigenvalue weighted by Crippen LogP contribution is 2.10. The fourth-order valence-corrected chi connectivity index (χ4v) is 0.897. The molecule has 15 heavy (non-hydrogen) atoms. The van der Waals surface area contributed by atoms with Gasteiger partial charge in [-0.1, -0.05) is 5.11 Å². The van der Waals surface area contributed by atoms with Crippen molar-refractivity contribution in [2.24, 2.45) is 5.11 Å². The van der Waals surface area contributed by atoms with Gasteiger partial charge in [-0.15, -0.1) is 0 Å². The summed E-state index contributed by atoms with van der Waals surface area (Å²) in [5, 5.41) is 3.24. The summed E-state index contributed by atoms with van der Waals surface area (Å²) < 4.78 is 9.50. The molecule has 0 bridgehead atoms. The van der Waals surface area contributed by atoms with E-state index < -0.39 is 5.97 Å². The van der Waals surface area contributed by atoms with E-state index in [9.17, 15) is 4.79 Å². The monoisotopic (exact) mass is 207 g/mol. The number of nitrogens with zero attached hydrogens (tertiary/aromatic N) is 3. The second-order valence-electron chi connectivity index (χ2n) is 2.50. The number of esters is 1. The molecule has 0 atom stereocenters. The lowest BCUT2D eigenvalue weighted by molar-refractivity contribution is -0.138.